The molecule has 0 spiro atoms. The molecule has 8 nitrogen and oxygen atoms in total. The van der Waals surface area contributed by atoms with Crippen LogP contribution in [0.3, 0.4) is 0 Å². The molecule has 2 amide bonds. The molecule has 0 aliphatic heterocycles. The van der Waals surface area contributed by atoms with Gasteiger partial charge in [0.1, 0.15) is 5.75 Å². The zero-order valence-electron chi connectivity index (χ0n) is 16.2. The predicted molar refractivity (Wildman–Crippen MR) is 107 cm³/mol. The fourth-order valence-corrected chi connectivity index (χ4v) is 2.79. The molecule has 1 N–H and O–H groups in total. The molecule has 0 aliphatic carbocycles. The van der Waals surface area contributed by atoms with Crippen molar-refractivity contribution < 1.29 is 14.3 Å². The first-order valence-corrected chi connectivity index (χ1v) is 8.68. The second-order valence-corrected chi connectivity index (χ2v) is 6.66. The van der Waals surface area contributed by atoms with Gasteiger partial charge in [-0.15, -0.1) is 0 Å². The van der Waals surface area contributed by atoms with Crippen LogP contribution < -0.4 is 15.7 Å². The van der Waals surface area contributed by atoms with Crippen molar-refractivity contribution in [1.29, 1.82) is 0 Å². The van der Waals surface area contributed by atoms with Crippen molar-refractivity contribution >= 4 is 28.5 Å². The summed E-state index contributed by atoms with van der Waals surface area (Å²) in [6.07, 6.45) is 0. The Morgan fingerprint density at radius 1 is 1.04 bits per heavy atom. The zero-order valence-corrected chi connectivity index (χ0v) is 16.2. The average Bonchev–Trinajstić information content (AvgIpc) is 2.90. The van der Waals surface area contributed by atoms with E-state index >= 15 is 0 Å². The molecule has 1 heterocycles. The minimum Gasteiger partial charge on any atom is -0.484 e. The molecule has 0 saturated carbocycles. The van der Waals surface area contributed by atoms with E-state index in [-0.39, 0.29) is 24.1 Å². The summed E-state index contributed by atoms with van der Waals surface area (Å²) in [4.78, 5) is 37.7. The predicted octanol–water partition coefficient (Wildman–Crippen LogP) is 1.60. The van der Waals surface area contributed by atoms with Gasteiger partial charge in [-0.2, -0.15) is 0 Å². The minimum atomic E-state index is -0.315. The van der Waals surface area contributed by atoms with Gasteiger partial charge in [-0.3, -0.25) is 18.7 Å². The lowest BCUT2D eigenvalue weighted by molar-refractivity contribution is -0.130. The van der Waals surface area contributed by atoms with Crippen molar-refractivity contribution in [1.82, 2.24) is 14.0 Å². The number of benzene rings is 2. The number of amides is 2. The molecule has 0 bridgehead atoms. The second kappa shape index (κ2) is 7.59. The van der Waals surface area contributed by atoms with Gasteiger partial charge in [0.2, 0.25) is 0 Å². The van der Waals surface area contributed by atoms with E-state index < -0.39 is 0 Å². The zero-order chi connectivity index (χ0) is 20.4. The molecule has 3 rings (SSSR count). The van der Waals surface area contributed by atoms with Crippen LogP contribution in [-0.2, 0) is 18.9 Å². The first-order valence-electron chi connectivity index (χ1n) is 8.68. The number of aryl methyl sites for hydroxylation is 2. The maximum absolute atomic E-state index is 12.6. The molecule has 2 aromatic carbocycles. The molecule has 146 valence electrons. The number of carbonyl (C=O) groups is 2. The van der Waals surface area contributed by atoms with Crippen LogP contribution in [0, 0.1) is 0 Å². The molecule has 8 heteroatoms. The standard InChI is InChI=1S/C20H22N4O4/c1-22(2)18(25)12-28-15-7-5-6-13(10-15)19(26)21-14-8-9-16-17(11-14)24(4)20(27)23(16)3/h5-11H,12H2,1-4H3,(H,21,26). The monoisotopic (exact) mass is 382 g/mol. The van der Waals surface area contributed by atoms with E-state index in [1.807, 2.05) is 0 Å². The van der Waals surface area contributed by atoms with Crippen LogP contribution in [0.15, 0.2) is 47.3 Å². The first kappa shape index (κ1) is 19.2. The molecular formula is C20H22N4O4. The fraction of sp³-hybridized carbons (Fsp3) is 0.250. The molecule has 0 unspecified atom stereocenters. The Bertz CT molecular complexity index is 1110. The van der Waals surface area contributed by atoms with Crippen molar-refractivity contribution in [2.24, 2.45) is 14.1 Å². The van der Waals surface area contributed by atoms with Gasteiger partial charge >= 0.3 is 5.69 Å². The van der Waals surface area contributed by atoms with E-state index in [1.165, 1.54) is 9.47 Å². The summed E-state index contributed by atoms with van der Waals surface area (Å²) in [6.45, 7) is -0.100. The van der Waals surface area contributed by atoms with Crippen LogP contribution >= 0.6 is 0 Å². The number of fused-ring (bicyclic) bond motifs is 1. The number of ether oxygens (including phenoxy) is 1. The molecule has 3 aromatic rings. The number of rotatable bonds is 5. The van der Waals surface area contributed by atoms with E-state index in [4.69, 9.17) is 4.74 Å². The van der Waals surface area contributed by atoms with Crippen molar-refractivity contribution in [2.75, 3.05) is 26.0 Å². The number of anilines is 1. The van der Waals surface area contributed by atoms with E-state index in [0.717, 1.165) is 11.0 Å². The first-order chi connectivity index (χ1) is 13.3. The molecule has 0 atom stereocenters. The maximum Gasteiger partial charge on any atom is 0.328 e. The van der Waals surface area contributed by atoms with E-state index in [2.05, 4.69) is 5.32 Å². The summed E-state index contributed by atoms with van der Waals surface area (Å²) in [7, 11) is 6.69. The van der Waals surface area contributed by atoms with Crippen LogP contribution in [0.25, 0.3) is 11.0 Å². The van der Waals surface area contributed by atoms with Gasteiger partial charge in [-0.1, -0.05) is 6.07 Å². The van der Waals surface area contributed by atoms with Crippen LogP contribution in [0.4, 0.5) is 5.69 Å². The minimum absolute atomic E-state index is 0.100. The molecule has 0 saturated heterocycles. The Labute approximate surface area is 161 Å². The van der Waals surface area contributed by atoms with Crippen molar-refractivity contribution in [3.05, 3.63) is 58.5 Å². The van der Waals surface area contributed by atoms with Gasteiger partial charge in [0.05, 0.1) is 11.0 Å². The molecule has 1 aromatic heterocycles. The number of nitrogens with zero attached hydrogens (tertiary/aromatic N) is 3. The Hall–Kier alpha value is -3.55. The Morgan fingerprint density at radius 2 is 1.75 bits per heavy atom. The van der Waals surface area contributed by atoms with Gasteiger partial charge < -0.3 is 15.0 Å². The topological polar surface area (TPSA) is 85.6 Å². The van der Waals surface area contributed by atoms with Crippen molar-refractivity contribution in [2.45, 2.75) is 0 Å². The lowest BCUT2D eigenvalue weighted by Crippen LogP contribution is -2.27. The number of aromatic nitrogens is 2. The van der Waals surface area contributed by atoms with Crippen LogP contribution in [0.1, 0.15) is 10.4 Å². The summed E-state index contributed by atoms with van der Waals surface area (Å²) in [6, 6.07) is 11.9. The number of imidazole rings is 1. The number of hydrogen-bond acceptors (Lipinski definition) is 4. The highest BCUT2D eigenvalue weighted by molar-refractivity contribution is 6.05. The lowest BCUT2D eigenvalue weighted by atomic mass is 10.2. The summed E-state index contributed by atoms with van der Waals surface area (Å²) < 4.78 is 8.53. The summed E-state index contributed by atoms with van der Waals surface area (Å²) in [5.74, 6) is -0.0509. The SMILES string of the molecule is CN(C)C(=O)COc1cccc(C(=O)Nc2ccc3c(c2)n(C)c(=O)n3C)c1. The number of carbonyl (C=O) groups excluding carboxylic acids is 2. The quantitative estimate of drug-likeness (QED) is 0.726. The summed E-state index contributed by atoms with van der Waals surface area (Å²) in [5, 5.41) is 2.82. The van der Waals surface area contributed by atoms with Crippen molar-refractivity contribution in [3.8, 4) is 5.75 Å². The molecule has 0 fully saturated rings. The van der Waals surface area contributed by atoms with Crippen LogP contribution in [-0.4, -0.2) is 46.6 Å². The molecular weight excluding hydrogens is 360 g/mol. The third-order valence-electron chi connectivity index (χ3n) is 4.49. The second-order valence-electron chi connectivity index (χ2n) is 6.66. The summed E-state index contributed by atoms with van der Waals surface area (Å²) >= 11 is 0. The average molecular weight is 382 g/mol. The number of nitrogens with one attached hydrogen (secondary N) is 1. The molecule has 0 radical (unpaired) electrons. The Balaban J connectivity index is 1.77. The van der Waals surface area contributed by atoms with Gasteiger partial charge in [0.25, 0.3) is 11.8 Å². The van der Waals surface area contributed by atoms with E-state index in [0.29, 0.717) is 17.0 Å². The van der Waals surface area contributed by atoms with Gasteiger partial charge in [0, 0.05) is 39.4 Å². The van der Waals surface area contributed by atoms with E-state index in [1.54, 1.807) is 75.2 Å². The van der Waals surface area contributed by atoms with Crippen LogP contribution in [0.5, 0.6) is 5.75 Å². The number of hydrogen-bond donors (Lipinski definition) is 1. The summed E-state index contributed by atoms with van der Waals surface area (Å²) in [5.41, 5.74) is 2.36. The Kier molecular flexibility index (Phi) is 5.21. The highest BCUT2D eigenvalue weighted by atomic mass is 16.5. The lowest BCUT2D eigenvalue weighted by Gasteiger charge is -2.12. The van der Waals surface area contributed by atoms with E-state index in [9.17, 15) is 14.4 Å². The Morgan fingerprint density at radius 3 is 2.46 bits per heavy atom. The smallest absolute Gasteiger partial charge is 0.328 e. The van der Waals surface area contributed by atoms with Gasteiger partial charge in [0.15, 0.2) is 6.61 Å². The third kappa shape index (κ3) is 3.75. The highest BCUT2D eigenvalue weighted by Crippen LogP contribution is 2.19. The van der Waals surface area contributed by atoms with Crippen molar-refractivity contribution in [3.63, 3.8) is 0 Å². The van der Waals surface area contributed by atoms with Gasteiger partial charge in [-0.25, -0.2) is 4.79 Å². The largest absolute Gasteiger partial charge is 0.484 e. The molecule has 0 aliphatic rings. The van der Waals surface area contributed by atoms with Gasteiger partial charge in [-0.05, 0) is 36.4 Å². The normalized spacial score (nSPS) is 10.7. The highest BCUT2D eigenvalue weighted by Gasteiger charge is 2.12. The van der Waals surface area contributed by atoms with Crippen LogP contribution in [0.2, 0.25) is 0 Å². The fourth-order valence-electron chi connectivity index (χ4n) is 2.79. The molecule has 28 heavy (non-hydrogen) atoms. The third-order valence-corrected chi connectivity index (χ3v) is 4.49. The number of likely N-dealkylation sites (N-methyl/N-ethyl adjacent to an activating group) is 1. The maximum atomic E-state index is 12.6.